The van der Waals surface area contributed by atoms with Crippen molar-refractivity contribution in [2.24, 2.45) is 0 Å². The molecule has 0 bridgehead atoms. The molecule has 1 aromatic rings. The minimum absolute atomic E-state index is 0.965. The molecule has 74 valence electrons. The van der Waals surface area contributed by atoms with Crippen LogP contribution in [0.25, 0.3) is 0 Å². The molecular formula is C14H18. The van der Waals surface area contributed by atoms with Crippen LogP contribution < -0.4 is 0 Å². The van der Waals surface area contributed by atoms with Gasteiger partial charge in [-0.25, -0.2) is 0 Å². The van der Waals surface area contributed by atoms with Crippen molar-refractivity contribution in [3.8, 4) is 11.8 Å². The highest BCUT2D eigenvalue weighted by Gasteiger charge is 1.98. The molecule has 0 atom stereocenters. The van der Waals surface area contributed by atoms with Crippen molar-refractivity contribution in [3.63, 3.8) is 0 Å². The molecule has 0 saturated heterocycles. The molecule has 0 saturated carbocycles. The summed E-state index contributed by atoms with van der Waals surface area (Å²) in [5.74, 6) is 6.28. The van der Waals surface area contributed by atoms with Gasteiger partial charge in [0, 0.05) is 12.8 Å². The largest absolute Gasteiger partial charge is 0.104 e. The summed E-state index contributed by atoms with van der Waals surface area (Å²) in [5, 5.41) is 0. The monoisotopic (exact) mass is 186 g/mol. The maximum absolute atomic E-state index is 3.18. The fourth-order valence-corrected chi connectivity index (χ4v) is 1.49. The van der Waals surface area contributed by atoms with Crippen LogP contribution >= 0.6 is 0 Å². The maximum Gasteiger partial charge on any atom is 0.0129 e. The van der Waals surface area contributed by atoms with E-state index in [9.17, 15) is 0 Å². The van der Waals surface area contributed by atoms with E-state index in [1.54, 1.807) is 0 Å². The Morgan fingerprint density at radius 2 is 1.93 bits per heavy atom. The van der Waals surface area contributed by atoms with Gasteiger partial charge < -0.3 is 0 Å². The normalized spacial score (nSPS) is 9.36. The van der Waals surface area contributed by atoms with E-state index in [0.717, 1.165) is 19.3 Å². The molecule has 0 aliphatic heterocycles. The average molecular weight is 186 g/mol. The molecule has 0 aliphatic rings. The highest BCUT2D eigenvalue weighted by molar-refractivity contribution is 5.33. The number of benzene rings is 1. The summed E-state index contributed by atoms with van der Waals surface area (Å²) >= 11 is 0. The Bertz CT molecular complexity index is 350. The van der Waals surface area contributed by atoms with Crippen LogP contribution in [-0.4, -0.2) is 0 Å². The Kier molecular flexibility index (Phi) is 4.26. The third-order valence-corrected chi connectivity index (χ3v) is 2.54. The average Bonchev–Trinajstić information content (AvgIpc) is 2.19. The molecule has 0 unspecified atom stereocenters. The first-order valence-electron chi connectivity index (χ1n) is 5.26. The summed E-state index contributed by atoms with van der Waals surface area (Å²) in [7, 11) is 0. The van der Waals surface area contributed by atoms with Gasteiger partial charge in [-0.05, 0) is 37.0 Å². The fraction of sp³-hybridized carbons (Fsp3) is 0.429. The molecule has 0 fully saturated rings. The minimum Gasteiger partial charge on any atom is -0.104 e. The van der Waals surface area contributed by atoms with Gasteiger partial charge >= 0.3 is 0 Å². The molecule has 0 radical (unpaired) electrons. The Balaban J connectivity index is 2.63. The molecule has 0 amide bonds. The minimum atomic E-state index is 0.965. The van der Waals surface area contributed by atoms with Crippen LogP contribution in [0.15, 0.2) is 18.2 Å². The highest BCUT2D eigenvalue weighted by atomic mass is 14.0. The highest BCUT2D eigenvalue weighted by Crippen LogP contribution is 2.13. The Morgan fingerprint density at radius 1 is 1.14 bits per heavy atom. The molecule has 0 N–H and O–H groups in total. The fourth-order valence-electron chi connectivity index (χ4n) is 1.49. The zero-order valence-corrected chi connectivity index (χ0v) is 9.35. The van der Waals surface area contributed by atoms with Crippen molar-refractivity contribution in [3.05, 3.63) is 34.9 Å². The molecule has 0 aliphatic carbocycles. The second-order valence-electron chi connectivity index (χ2n) is 3.57. The van der Waals surface area contributed by atoms with Gasteiger partial charge in [-0.2, -0.15) is 0 Å². The van der Waals surface area contributed by atoms with Crippen molar-refractivity contribution >= 4 is 0 Å². The van der Waals surface area contributed by atoms with Crippen LogP contribution in [0, 0.1) is 25.7 Å². The molecule has 0 heterocycles. The lowest BCUT2D eigenvalue weighted by Gasteiger charge is -2.05. The first-order chi connectivity index (χ1) is 6.75. The van der Waals surface area contributed by atoms with Crippen molar-refractivity contribution in [2.45, 2.75) is 40.0 Å². The topological polar surface area (TPSA) is 0 Å². The van der Waals surface area contributed by atoms with Gasteiger partial charge in [-0.1, -0.05) is 25.1 Å². The Hall–Kier alpha value is -1.22. The maximum atomic E-state index is 3.18. The molecule has 0 nitrogen and oxygen atoms in total. The smallest absolute Gasteiger partial charge is 0.0129 e. The molecular weight excluding hydrogens is 168 g/mol. The van der Waals surface area contributed by atoms with Crippen molar-refractivity contribution in [1.29, 1.82) is 0 Å². The second-order valence-corrected chi connectivity index (χ2v) is 3.57. The number of rotatable bonds is 2. The summed E-state index contributed by atoms with van der Waals surface area (Å²) in [5.41, 5.74) is 4.24. The van der Waals surface area contributed by atoms with Crippen LogP contribution in [0.4, 0.5) is 0 Å². The van der Waals surface area contributed by atoms with Crippen molar-refractivity contribution in [2.75, 3.05) is 0 Å². The van der Waals surface area contributed by atoms with Crippen LogP contribution in [0.3, 0.4) is 0 Å². The van der Waals surface area contributed by atoms with E-state index in [0.29, 0.717) is 0 Å². The van der Waals surface area contributed by atoms with E-state index in [1.807, 2.05) is 0 Å². The van der Waals surface area contributed by atoms with Crippen molar-refractivity contribution < 1.29 is 0 Å². The lowest BCUT2D eigenvalue weighted by molar-refractivity contribution is 1.00. The molecule has 0 spiro atoms. The third-order valence-electron chi connectivity index (χ3n) is 2.54. The van der Waals surface area contributed by atoms with Gasteiger partial charge in [0.25, 0.3) is 0 Å². The van der Waals surface area contributed by atoms with Gasteiger partial charge in [0.2, 0.25) is 0 Å². The van der Waals surface area contributed by atoms with Crippen LogP contribution in [0.5, 0.6) is 0 Å². The number of aryl methyl sites for hydroxylation is 2. The van der Waals surface area contributed by atoms with E-state index >= 15 is 0 Å². The SMILES string of the molecule is CCC#CCCc1cccc(C)c1C. The lowest BCUT2D eigenvalue weighted by Crippen LogP contribution is -1.91. The van der Waals surface area contributed by atoms with Crippen molar-refractivity contribution in [1.82, 2.24) is 0 Å². The van der Waals surface area contributed by atoms with Gasteiger partial charge in [0.1, 0.15) is 0 Å². The van der Waals surface area contributed by atoms with Gasteiger partial charge in [-0.15, -0.1) is 11.8 Å². The lowest BCUT2D eigenvalue weighted by atomic mass is 10.00. The number of hydrogen-bond acceptors (Lipinski definition) is 0. The third kappa shape index (κ3) is 2.92. The summed E-state index contributed by atoms with van der Waals surface area (Å²) < 4.78 is 0. The molecule has 1 aromatic carbocycles. The standard InChI is InChI=1S/C14H18/c1-4-5-6-7-10-14-11-8-9-12(2)13(14)3/h8-9,11H,4,7,10H2,1-3H3. The summed E-state index contributed by atoms with van der Waals surface area (Å²) in [6.45, 7) is 6.44. The van der Waals surface area contributed by atoms with Gasteiger partial charge in [-0.3, -0.25) is 0 Å². The van der Waals surface area contributed by atoms with E-state index in [-0.39, 0.29) is 0 Å². The van der Waals surface area contributed by atoms with E-state index in [1.165, 1.54) is 16.7 Å². The van der Waals surface area contributed by atoms with Gasteiger partial charge in [0.05, 0.1) is 0 Å². The van der Waals surface area contributed by atoms with Gasteiger partial charge in [0.15, 0.2) is 0 Å². The van der Waals surface area contributed by atoms with Crippen LogP contribution in [-0.2, 0) is 6.42 Å². The zero-order chi connectivity index (χ0) is 10.4. The van der Waals surface area contributed by atoms with E-state index < -0.39 is 0 Å². The summed E-state index contributed by atoms with van der Waals surface area (Å²) in [6.07, 6.45) is 3.03. The first kappa shape index (κ1) is 10.9. The first-order valence-corrected chi connectivity index (χ1v) is 5.26. The quantitative estimate of drug-likeness (QED) is 0.618. The van der Waals surface area contributed by atoms with Crippen LogP contribution in [0.1, 0.15) is 36.5 Å². The molecule has 14 heavy (non-hydrogen) atoms. The zero-order valence-electron chi connectivity index (χ0n) is 9.35. The summed E-state index contributed by atoms with van der Waals surface area (Å²) in [4.78, 5) is 0. The summed E-state index contributed by atoms with van der Waals surface area (Å²) in [6, 6.07) is 6.50. The molecule has 0 heteroatoms. The Labute approximate surface area is 87.4 Å². The van der Waals surface area contributed by atoms with E-state index in [4.69, 9.17) is 0 Å². The molecule has 0 aromatic heterocycles. The Morgan fingerprint density at radius 3 is 2.64 bits per heavy atom. The second kappa shape index (κ2) is 5.50. The number of hydrogen-bond donors (Lipinski definition) is 0. The molecule has 1 rings (SSSR count). The van der Waals surface area contributed by atoms with E-state index in [2.05, 4.69) is 50.8 Å². The predicted molar refractivity (Wildman–Crippen MR) is 62.3 cm³/mol. The predicted octanol–water partition coefficient (Wildman–Crippen LogP) is 3.65. The van der Waals surface area contributed by atoms with Crippen LogP contribution in [0.2, 0.25) is 0 Å².